The summed E-state index contributed by atoms with van der Waals surface area (Å²) in [6, 6.07) is 0. The first-order chi connectivity index (χ1) is 7.03. The first kappa shape index (κ1) is 12.4. The molecular weight excluding hydrogens is 208 g/mol. The Bertz CT molecular complexity index is 295. The molecule has 5 heteroatoms. The zero-order chi connectivity index (χ0) is 11.3. The average Bonchev–Trinajstić information content (AvgIpc) is 2.59. The lowest BCUT2D eigenvalue weighted by molar-refractivity contribution is 0.350. The van der Waals surface area contributed by atoms with Crippen molar-refractivity contribution in [1.82, 2.24) is 10.2 Å². The molecule has 0 aromatic carbocycles. The number of nitrogens with one attached hydrogen (secondary N) is 1. The molecule has 0 radical (unpaired) electrons. The van der Waals surface area contributed by atoms with Gasteiger partial charge in [0.1, 0.15) is 5.01 Å². The van der Waals surface area contributed by atoms with E-state index in [1.54, 1.807) is 11.3 Å². The lowest BCUT2D eigenvalue weighted by Crippen LogP contribution is -2.24. The van der Waals surface area contributed by atoms with Crippen LogP contribution in [0.3, 0.4) is 0 Å². The highest BCUT2D eigenvalue weighted by Crippen LogP contribution is 2.23. The van der Waals surface area contributed by atoms with Crippen LogP contribution in [0.4, 0.5) is 5.13 Å². The van der Waals surface area contributed by atoms with Gasteiger partial charge in [0.25, 0.3) is 0 Å². The molecule has 1 aromatic heterocycles. The molecule has 1 rings (SSSR count). The van der Waals surface area contributed by atoms with E-state index in [0.29, 0.717) is 0 Å². The summed E-state index contributed by atoms with van der Waals surface area (Å²) in [5.74, 6) is 0. The highest BCUT2D eigenvalue weighted by atomic mass is 32.1. The topological polar surface area (TPSA) is 63.8 Å². The van der Waals surface area contributed by atoms with Crippen molar-refractivity contribution >= 4 is 16.5 Å². The van der Waals surface area contributed by atoms with E-state index in [1.165, 1.54) is 0 Å². The Balaban J connectivity index is 2.35. The second-order valence-corrected chi connectivity index (χ2v) is 5.72. The van der Waals surface area contributed by atoms with Crippen LogP contribution in [0.25, 0.3) is 0 Å². The Morgan fingerprint density at radius 3 is 2.67 bits per heavy atom. The van der Waals surface area contributed by atoms with Gasteiger partial charge in [-0.25, -0.2) is 0 Å². The fraction of sp³-hybridized carbons (Fsp3) is 0.800. The molecule has 0 atom stereocenters. The molecule has 0 unspecified atom stereocenters. The van der Waals surface area contributed by atoms with Crippen LogP contribution in [-0.4, -0.2) is 23.3 Å². The van der Waals surface area contributed by atoms with E-state index < -0.39 is 0 Å². The third-order valence-corrected chi connectivity index (χ3v) is 3.10. The molecule has 0 aliphatic heterocycles. The van der Waals surface area contributed by atoms with E-state index in [4.69, 9.17) is 5.73 Å². The fourth-order valence-electron chi connectivity index (χ4n) is 1.35. The second-order valence-electron chi connectivity index (χ2n) is 4.54. The molecule has 4 nitrogen and oxygen atoms in total. The first-order valence-electron chi connectivity index (χ1n) is 5.27. The number of aryl methyl sites for hydroxylation is 1. The first-order valence-corrected chi connectivity index (χ1v) is 6.09. The van der Waals surface area contributed by atoms with Crippen molar-refractivity contribution in [2.45, 2.75) is 33.6 Å². The van der Waals surface area contributed by atoms with E-state index in [-0.39, 0.29) is 5.41 Å². The lowest BCUT2D eigenvalue weighted by Gasteiger charge is -2.24. The summed E-state index contributed by atoms with van der Waals surface area (Å²) in [7, 11) is 0. The number of rotatable bonds is 6. The Labute approximate surface area is 95.3 Å². The number of anilines is 1. The van der Waals surface area contributed by atoms with Gasteiger partial charge in [-0.1, -0.05) is 25.2 Å². The van der Waals surface area contributed by atoms with Gasteiger partial charge in [0.05, 0.1) is 0 Å². The molecule has 0 saturated heterocycles. The average molecular weight is 228 g/mol. The van der Waals surface area contributed by atoms with Crippen molar-refractivity contribution < 1.29 is 0 Å². The fourth-order valence-corrected chi connectivity index (χ4v) is 1.94. The van der Waals surface area contributed by atoms with E-state index in [2.05, 4.69) is 29.4 Å². The van der Waals surface area contributed by atoms with Crippen molar-refractivity contribution in [3.63, 3.8) is 0 Å². The summed E-state index contributed by atoms with van der Waals surface area (Å²) in [6.07, 6.45) is 2.21. The Hall–Kier alpha value is -0.680. The van der Waals surface area contributed by atoms with E-state index >= 15 is 0 Å². The molecule has 0 aliphatic carbocycles. The summed E-state index contributed by atoms with van der Waals surface area (Å²) < 4.78 is 0. The van der Waals surface area contributed by atoms with Gasteiger partial charge in [0.15, 0.2) is 0 Å². The summed E-state index contributed by atoms with van der Waals surface area (Å²) >= 11 is 1.59. The van der Waals surface area contributed by atoms with Gasteiger partial charge >= 0.3 is 0 Å². The molecule has 1 heterocycles. The highest BCUT2D eigenvalue weighted by molar-refractivity contribution is 7.15. The highest BCUT2D eigenvalue weighted by Gasteiger charge is 2.17. The molecule has 0 bridgehead atoms. The lowest BCUT2D eigenvalue weighted by atomic mass is 9.88. The summed E-state index contributed by atoms with van der Waals surface area (Å²) in [6.45, 7) is 8.12. The predicted molar refractivity (Wildman–Crippen MR) is 65.2 cm³/mol. The van der Waals surface area contributed by atoms with Gasteiger partial charge in [-0.15, -0.1) is 10.2 Å². The SMILES string of the molecule is Cc1nnc(NCC(C)(C)CCCN)s1. The minimum Gasteiger partial charge on any atom is -0.360 e. The number of hydrogen-bond donors (Lipinski definition) is 2. The largest absolute Gasteiger partial charge is 0.360 e. The maximum Gasteiger partial charge on any atom is 0.205 e. The maximum atomic E-state index is 5.51. The van der Waals surface area contributed by atoms with E-state index in [9.17, 15) is 0 Å². The molecule has 0 spiro atoms. The van der Waals surface area contributed by atoms with Gasteiger partial charge in [-0.3, -0.25) is 0 Å². The predicted octanol–water partition coefficient (Wildman–Crippen LogP) is 2.02. The van der Waals surface area contributed by atoms with E-state index in [0.717, 1.165) is 36.1 Å². The second kappa shape index (κ2) is 5.42. The van der Waals surface area contributed by atoms with Gasteiger partial charge in [-0.2, -0.15) is 0 Å². The van der Waals surface area contributed by atoms with Crippen LogP contribution in [0.15, 0.2) is 0 Å². The van der Waals surface area contributed by atoms with Gasteiger partial charge in [-0.05, 0) is 31.7 Å². The summed E-state index contributed by atoms with van der Waals surface area (Å²) in [4.78, 5) is 0. The van der Waals surface area contributed by atoms with Gasteiger partial charge in [0.2, 0.25) is 5.13 Å². The van der Waals surface area contributed by atoms with Crippen molar-refractivity contribution in [2.75, 3.05) is 18.4 Å². The third kappa shape index (κ3) is 4.57. The minimum atomic E-state index is 0.263. The van der Waals surface area contributed by atoms with Crippen LogP contribution in [0, 0.1) is 12.3 Å². The van der Waals surface area contributed by atoms with Crippen LogP contribution in [0.2, 0.25) is 0 Å². The molecule has 1 aromatic rings. The molecule has 0 aliphatic rings. The summed E-state index contributed by atoms with van der Waals surface area (Å²) in [5.41, 5.74) is 5.77. The van der Waals surface area contributed by atoms with Crippen LogP contribution in [-0.2, 0) is 0 Å². The number of aromatic nitrogens is 2. The maximum absolute atomic E-state index is 5.51. The van der Waals surface area contributed by atoms with Crippen LogP contribution in [0.5, 0.6) is 0 Å². The number of nitrogens with two attached hydrogens (primary N) is 1. The molecule has 0 amide bonds. The monoisotopic (exact) mass is 228 g/mol. The molecule has 3 N–H and O–H groups in total. The van der Waals surface area contributed by atoms with Crippen LogP contribution >= 0.6 is 11.3 Å². The van der Waals surface area contributed by atoms with Crippen molar-refractivity contribution in [3.8, 4) is 0 Å². The zero-order valence-corrected chi connectivity index (χ0v) is 10.5. The number of nitrogens with zero attached hydrogens (tertiary/aromatic N) is 2. The van der Waals surface area contributed by atoms with Crippen molar-refractivity contribution in [1.29, 1.82) is 0 Å². The normalized spacial score (nSPS) is 11.7. The van der Waals surface area contributed by atoms with E-state index in [1.807, 2.05) is 6.92 Å². The van der Waals surface area contributed by atoms with Crippen LogP contribution < -0.4 is 11.1 Å². The van der Waals surface area contributed by atoms with Gasteiger partial charge < -0.3 is 11.1 Å². The standard InChI is InChI=1S/C10H20N4S/c1-8-13-14-9(15-8)12-7-10(2,3)5-4-6-11/h4-7,11H2,1-3H3,(H,12,14). The molecule has 0 saturated carbocycles. The Kier molecular flexibility index (Phi) is 4.47. The van der Waals surface area contributed by atoms with Gasteiger partial charge in [0, 0.05) is 6.54 Å². The minimum absolute atomic E-state index is 0.263. The van der Waals surface area contributed by atoms with Crippen molar-refractivity contribution in [2.24, 2.45) is 11.1 Å². The summed E-state index contributed by atoms with van der Waals surface area (Å²) in [5, 5.41) is 13.2. The van der Waals surface area contributed by atoms with Crippen LogP contribution in [0.1, 0.15) is 31.7 Å². The molecule has 0 fully saturated rings. The smallest absolute Gasteiger partial charge is 0.205 e. The zero-order valence-electron chi connectivity index (χ0n) is 9.71. The Morgan fingerprint density at radius 2 is 2.13 bits per heavy atom. The molecule has 86 valence electrons. The third-order valence-electron chi connectivity index (χ3n) is 2.30. The van der Waals surface area contributed by atoms with Crippen molar-refractivity contribution in [3.05, 3.63) is 5.01 Å². The molecule has 15 heavy (non-hydrogen) atoms. The quantitative estimate of drug-likeness (QED) is 0.782. The Morgan fingerprint density at radius 1 is 1.40 bits per heavy atom. The number of hydrogen-bond acceptors (Lipinski definition) is 5. The molecular formula is C10H20N4S.